The Morgan fingerprint density at radius 3 is 2.41 bits per heavy atom. The van der Waals surface area contributed by atoms with Crippen LogP contribution in [0.1, 0.15) is 53.1 Å². The minimum absolute atomic E-state index is 0.114. The van der Waals surface area contributed by atoms with E-state index in [1.54, 1.807) is 29.2 Å². The van der Waals surface area contributed by atoms with Gasteiger partial charge in [-0.2, -0.15) is 5.10 Å². The molecular weight excluding hydrogens is 494 g/mol. The second kappa shape index (κ2) is 12.0. The molecule has 204 valence electrons. The van der Waals surface area contributed by atoms with Gasteiger partial charge in [0.15, 0.2) is 5.82 Å². The number of anilines is 2. The van der Waals surface area contributed by atoms with Crippen LogP contribution in [0.25, 0.3) is 0 Å². The van der Waals surface area contributed by atoms with E-state index in [0.717, 1.165) is 16.8 Å². The molecule has 39 heavy (non-hydrogen) atoms. The SMILES string of the molecule is C=CC(=O)Nc1ccc(C(=O)Nc2n[nH]c3c2CN(C(=O)NC(CN(C)C)c2ccccc2)[C@H]3C(C)C)cc1. The summed E-state index contributed by atoms with van der Waals surface area (Å²) in [5.74, 6) is -0.161. The number of hydrogen-bond acceptors (Lipinski definition) is 5. The predicted octanol–water partition coefficient (Wildman–Crippen LogP) is 4.31. The summed E-state index contributed by atoms with van der Waals surface area (Å²) in [5, 5.41) is 16.2. The van der Waals surface area contributed by atoms with Gasteiger partial charge in [-0.25, -0.2) is 4.79 Å². The van der Waals surface area contributed by atoms with Crippen molar-refractivity contribution in [2.45, 2.75) is 32.5 Å². The average molecular weight is 530 g/mol. The van der Waals surface area contributed by atoms with Gasteiger partial charge in [0, 0.05) is 23.4 Å². The molecule has 2 aromatic carbocycles. The largest absolute Gasteiger partial charge is 0.330 e. The molecule has 0 spiro atoms. The Morgan fingerprint density at radius 2 is 1.79 bits per heavy atom. The highest BCUT2D eigenvalue weighted by Gasteiger charge is 2.40. The normalized spacial score (nSPS) is 15.1. The fourth-order valence-electron chi connectivity index (χ4n) is 4.80. The maximum atomic E-state index is 13.6. The van der Waals surface area contributed by atoms with E-state index in [4.69, 9.17) is 0 Å². The van der Waals surface area contributed by atoms with E-state index in [0.29, 0.717) is 30.2 Å². The minimum Gasteiger partial charge on any atom is -0.330 e. The van der Waals surface area contributed by atoms with Gasteiger partial charge in [0.1, 0.15) is 0 Å². The molecule has 0 bridgehead atoms. The number of aromatic amines is 1. The molecule has 0 saturated carbocycles. The van der Waals surface area contributed by atoms with E-state index in [9.17, 15) is 14.4 Å². The van der Waals surface area contributed by atoms with Crippen molar-refractivity contribution in [3.63, 3.8) is 0 Å². The number of hydrogen-bond donors (Lipinski definition) is 4. The highest BCUT2D eigenvalue weighted by molar-refractivity contribution is 6.05. The topological polar surface area (TPSA) is 122 Å². The fourth-order valence-corrected chi connectivity index (χ4v) is 4.80. The molecule has 2 atom stereocenters. The quantitative estimate of drug-likeness (QED) is 0.308. The summed E-state index contributed by atoms with van der Waals surface area (Å²) in [6.45, 7) is 8.50. The molecule has 4 N–H and O–H groups in total. The first kappa shape index (κ1) is 27.6. The van der Waals surface area contributed by atoms with Crippen LogP contribution in [0.2, 0.25) is 0 Å². The molecule has 1 aliphatic heterocycles. The lowest BCUT2D eigenvalue weighted by Crippen LogP contribution is -2.44. The van der Waals surface area contributed by atoms with Crippen molar-refractivity contribution in [1.29, 1.82) is 0 Å². The molecule has 4 amide bonds. The first-order valence-electron chi connectivity index (χ1n) is 12.9. The zero-order valence-corrected chi connectivity index (χ0v) is 22.7. The minimum atomic E-state index is -0.343. The third-order valence-electron chi connectivity index (χ3n) is 6.63. The fraction of sp³-hybridized carbons (Fsp3) is 0.310. The maximum Gasteiger partial charge on any atom is 0.318 e. The van der Waals surface area contributed by atoms with E-state index in [2.05, 4.69) is 46.6 Å². The number of benzene rings is 2. The van der Waals surface area contributed by atoms with Gasteiger partial charge in [-0.05, 0) is 55.9 Å². The molecule has 0 radical (unpaired) electrons. The Morgan fingerprint density at radius 1 is 1.10 bits per heavy atom. The van der Waals surface area contributed by atoms with Crippen molar-refractivity contribution in [3.8, 4) is 0 Å². The van der Waals surface area contributed by atoms with Gasteiger partial charge in [-0.1, -0.05) is 50.8 Å². The van der Waals surface area contributed by atoms with E-state index in [1.165, 1.54) is 6.08 Å². The third kappa shape index (κ3) is 6.35. The first-order valence-corrected chi connectivity index (χ1v) is 12.9. The summed E-state index contributed by atoms with van der Waals surface area (Å²) >= 11 is 0. The number of rotatable bonds is 9. The molecule has 1 aliphatic rings. The van der Waals surface area contributed by atoms with Crippen molar-refractivity contribution in [3.05, 3.63) is 89.6 Å². The predicted molar refractivity (Wildman–Crippen MR) is 151 cm³/mol. The average Bonchev–Trinajstić information content (AvgIpc) is 3.48. The molecule has 0 saturated heterocycles. The number of carbonyl (C=O) groups excluding carboxylic acids is 3. The van der Waals surface area contributed by atoms with Gasteiger partial charge in [0.25, 0.3) is 5.91 Å². The molecule has 10 nitrogen and oxygen atoms in total. The number of nitrogens with zero attached hydrogens (tertiary/aromatic N) is 3. The molecule has 3 aromatic rings. The van der Waals surface area contributed by atoms with Crippen LogP contribution in [0.3, 0.4) is 0 Å². The number of H-pyrrole nitrogens is 1. The summed E-state index contributed by atoms with van der Waals surface area (Å²) in [6.07, 6.45) is 1.18. The number of amides is 4. The summed E-state index contributed by atoms with van der Waals surface area (Å²) in [4.78, 5) is 41.9. The van der Waals surface area contributed by atoms with Crippen LogP contribution in [-0.4, -0.2) is 58.5 Å². The third-order valence-corrected chi connectivity index (χ3v) is 6.63. The van der Waals surface area contributed by atoms with Gasteiger partial charge in [0.2, 0.25) is 5.91 Å². The molecule has 1 aromatic heterocycles. The molecule has 10 heteroatoms. The summed E-state index contributed by atoms with van der Waals surface area (Å²) in [5.41, 5.74) is 3.60. The van der Waals surface area contributed by atoms with Gasteiger partial charge in [-0.15, -0.1) is 0 Å². The van der Waals surface area contributed by atoms with Crippen LogP contribution in [0.5, 0.6) is 0 Å². The van der Waals surface area contributed by atoms with Crippen molar-refractivity contribution < 1.29 is 14.4 Å². The van der Waals surface area contributed by atoms with Gasteiger partial charge in [0.05, 0.1) is 24.3 Å². The smallest absolute Gasteiger partial charge is 0.318 e. The van der Waals surface area contributed by atoms with Crippen molar-refractivity contribution in [2.24, 2.45) is 5.92 Å². The van der Waals surface area contributed by atoms with Gasteiger partial charge in [-0.3, -0.25) is 14.7 Å². The van der Waals surface area contributed by atoms with E-state index in [1.807, 2.05) is 49.3 Å². The molecule has 0 fully saturated rings. The summed E-state index contributed by atoms with van der Waals surface area (Å²) in [6, 6.07) is 15.8. The van der Waals surface area contributed by atoms with E-state index in [-0.39, 0.29) is 35.8 Å². The van der Waals surface area contributed by atoms with Crippen LogP contribution in [0.15, 0.2) is 67.3 Å². The van der Waals surface area contributed by atoms with Crippen molar-refractivity contribution in [2.75, 3.05) is 31.3 Å². The van der Waals surface area contributed by atoms with Gasteiger partial charge >= 0.3 is 6.03 Å². The van der Waals surface area contributed by atoms with Crippen molar-refractivity contribution in [1.82, 2.24) is 25.3 Å². The Labute approximate surface area is 228 Å². The number of nitrogens with one attached hydrogen (secondary N) is 4. The van der Waals surface area contributed by atoms with E-state index < -0.39 is 0 Å². The molecule has 0 aliphatic carbocycles. The first-order chi connectivity index (χ1) is 18.7. The lowest BCUT2D eigenvalue weighted by molar-refractivity contribution is -0.111. The number of likely N-dealkylation sites (N-methyl/N-ethyl adjacent to an activating group) is 1. The van der Waals surface area contributed by atoms with Crippen LogP contribution in [0.4, 0.5) is 16.3 Å². The standard InChI is InChI=1S/C29H35N7O3/c1-6-24(37)30-21-14-12-20(13-15-21)28(38)32-27-22-16-36(26(18(2)3)25(22)33-34-27)29(39)31-23(17-35(4)5)19-10-8-7-9-11-19/h6-15,18,23,26H,1,16-17H2,2-5H3,(H,30,37)(H,31,39)(H2,32,33,34,38)/t23?,26-/m0/s1. The zero-order chi connectivity index (χ0) is 28.1. The molecule has 2 heterocycles. The highest BCUT2D eigenvalue weighted by atomic mass is 16.2. The summed E-state index contributed by atoms with van der Waals surface area (Å²) < 4.78 is 0. The lowest BCUT2D eigenvalue weighted by Gasteiger charge is -2.31. The van der Waals surface area contributed by atoms with Crippen LogP contribution >= 0.6 is 0 Å². The van der Waals surface area contributed by atoms with Crippen molar-refractivity contribution >= 4 is 29.4 Å². The number of fused-ring (bicyclic) bond motifs is 1. The Hall–Kier alpha value is -4.44. The lowest BCUT2D eigenvalue weighted by atomic mass is 10.0. The van der Waals surface area contributed by atoms with Crippen LogP contribution in [0, 0.1) is 5.92 Å². The zero-order valence-electron chi connectivity index (χ0n) is 22.7. The Kier molecular flexibility index (Phi) is 8.46. The van der Waals surface area contributed by atoms with Gasteiger partial charge < -0.3 is 25.8 Å². The number of carbonyl (C=O) groups is 3. The van der Waals surface area contributed by atoms with Crippen LogP contribution in [-0.2, 0) is 11.3 Å². The highest BCUT2D eigenvalue weighted by Crippen LogP contribution is 2.40. The second-order valence-electron chi connectivity index (χ2n) is 10.2. The monoisotopic (exact) mass is 529 g/mol. The second-order valence-corrected chi connectivity index (χ2v) is 10.2. The van der Waals surface area contributed by atoms with Crippen LogP contribution < -0.4 is 16.0 Å². The Bertz CT molecular complexity index is 1330. The molecule has 1 unspecified atom stereocenters. The van der Waals surface area contributed by atoms with E-state index >= 15 is 0 Å². The molecule has 4 rings (SSSR count). The number of aromatic nitrogens is 2. The Balaban J connectivity index is 1.50. The maximum absolute atomic E-state index is 13.6. The molecular formula is C29H35N7O3. The summed E-state index contributed by atoms with van der Waals surface area (Å²) in [7, 11) is 3.95. The number of urea groups is 1.